The van der Waals surface area contributed by atoms with Crippen LogP contribution in [0.25, 0.3) is 21.3 Å². The molecule has 0 fully saturated rings. The molecule has 0 amide bonds. The van der Waals surface area contributed by atoms with E-state index in [1.54, 1.807) is 31.4 Å². The molecule has 31 heavy (non-hydrogen) atoms. The lowest BCUT2D eigenvalue weighted by molar-refractivity contribution is 0.0970. The Kier molecular flexibility index (Phi) is 5.16. The SMILES string of the molecule is COc1ccc(C(=O)Cn2cnc3scc(-c4ccc5c(c4)CCCC5)c3c2=O)cc1. The van der Waals surface area contributed by atoms with Crippen molar-refractivity contribution in [3.8, 4) is 16.9 Å². The molecule has 156 valence electrons. The summed E-state index contributed by atoms with van der Waals surface area (Å²) in [5.74, 6) is 0.543. The lowest BCUT2D eigenvalue weighted by Crippen LogP contribution is -2.24. The molecule has 0 spiro atoms. The van der Waals surface area contributed by atoms with Gasteiger partial charge in [0.15, 0.2) is 5.78 Å². The van der Waals surface area contributed by atoms with Gasteiger partial charge in [0.05, 0.1) is 25.4 Å². The van der Waals surface area contributed by atoms with E-state index < -0.39 is 0 Å². The summed E-state index contributed by atoms with van der Waals surface area (Å²) < 4.78 is 6.55. The first-order valence-corrected chi connectivity index (χ1v) is 11.3. The number of methoxy groups -OCH3 is 1. The van der Waals surface area contributed by atoms with Gasteiger partial charge in [-0.15, -0.1) is 11.3 Å². The fourth-order valence-corrected chi connectivity index (χ4v) is 5.12. The third-order valence-electron chi connectivity index (χ3n) is 5.95. The van der Waals surface area contributed by atoms with Crippen LogP contribution >= 0.6 is 11.3 Å². The molecule has 2 aromatic carbocycles. The number of benzene rings is 2. The molecular weight excluding hydrogens is 408 g/mol. The Labute approximate surface area is 184 Å². The topological polar surface area (TPSA) is 61.2 Å². The summed E-state index contributed by atoms with van der Waals surface area (Å²) in [6.07, 6.45) is 6.14. The average Bonchev–Trinajstić information content (AvgIpc) is 3.25. The predicted molar refractivity (Wildman–Crippen MR) is 123 cm³/mol. The second-order valence-corrected chi connectivity index (χ2v) is 8.71. The summed E-state index contributed by atoms with van der Waals surface area (Å²) in [5.41, 5.74) is 5.09. The second-order valence-electron chi connectivity index (χ2n) is 7.85. The van der Waals surface area contributed by atoms with E-state index in [1.165, 1.54) is 46.2 Å². The normalized spacial score (nSPS) is 13.2. The minimum Gasteiger partial charge on any atom is -0.497 e. The molecule has 0 unspecified atom stereocenters. The van der Waals surface area contributed by atoms with Crippen LogP contribution in [0.2, 0.25) is 0 Å². The third kappa shape index (κ3) is 3.68. The van der Waals surface area contributed by atoms with Gasteiger partial charge >= 0.3 is 0 Å². The van der Waals surface area contributed by atoms with Gasteiger partial charge in [-0.2, -0.15) is 0 Å². The van der Waals surface area contributed by atoms with E-state index in [2.05, 4.69) is 23.2 Å². The molecule has 0 atom stereocenters. The van der Waals surface area contributed by atoms with E-state index in [9.17, 15) is 9.59 Å². The number of hydrogen-bond acceptors (Lipinski definition) is 5. The summed E-state index contributed by atoms with van der Waals surface area (Å²) in [5, 5.41) is 2.59. The first kappa shape index (κ1) is 19.7. The Morgan fingerprint density at radius 2 is 1.87 bits per heavy atom. The number of aryl methyl sites for hydroxylation is 2. The maximum absolute atomic E-state index is 13.3. The summed E-state index contributed by atoms with van der Waals surface area (Å²) >= 11 is 1.47. The number of nitrogens with zero attached hydrogens (tertiary/aromatic N) is 2. The summed E-state index contributed by atoms with van der Waals surface area (Å²) in [7, 11) is 1.58. The molecule has 5 rings (SSSR count). The highest BCUT2D eigenvalue weighted by molar-refractivity contribution is 7.17. The van der Waals surface area contributed by atoms with Gasteiger partial charge in [0.2, 0.25) is 0 Å². The number of Topliss-reactive ketones (excluding diaryl/α,β-unsaturated/α-hetero) is 1. The minimum absolute atomic E-state index is 0.0480. The van der Waals surface area contributed by atoms with Crippen LogP contribution in [0.4, 0.5) is 0 Å². The number of rotatable bonds is 5. The van der Waals surface area contributed by atoms with Crippen molar-refractivity contribution in [2.75, 3.05) is 7.11 Å². The van der Waals surface area contributed by atoms with Crippen LogP contribution in [0, 0.1) is 0 Å². The second kappa shape index (κ2) is 8.12. The van der Waals surface area contributed by atoms with Crippen LogP contribution in [-0.4, -0.2) is 22.4 Å². The summed E-state index contributed by atoms with van der Waals surface area (Å²) in [6, 6.07) is 13.4. The van der Waals surface area contributed by atoms with Gasteiger partial charge in [0.1, 0.15) is 10.6 Å². The zero-order valence-electron chi connectivity index (χ0n) is 17.3. The van der Waals surface area contributed by atoms with Crippen LogP contribution in [0.5, 0.6) is 5.75 Å². The Hall–Kier alpha value is -3.25. The van der Waals surface area contributed by atoms with Crippen molar-refractivity contribution in [3.05, 3.63) is 81.2 Å². The first-order valence-electron chi connectivity index (χ1n) is 10.4. The molecule has 2 aromatic heterocycles. The lowest BCUT2D eigenvalue weighted by atomic mass is 9.89. The van der Waals surface area contributed by atoms with Crippen molar-refractivity contribution in [3.63, 3.8) is 0 Å². The van der Waals surface area contributed by atoms with Crippen molar-refractivity contribution in [1.82, 2.24) is 9.55 Å². The molecule has 0 aliphatic heterocycles. The van der Waals surface area contributed by atoms with Crippen LogP contribution in [-0.2, 0) is 19.4 Å². The highest BCUT2D eigenvalue weighted by Gasteiger charge is 2.17. The molecule has 1 aliphatic carbocycles. The van der Waals surface area contributed by atoms with E-state index in [0.29, 0.717) is 21.5 Å². The largest absolute Gasteiger partial charge is 0.497 e. The van der Waals surface area contributed by atoms with E-state index in [-0.39, 0.29) is 17.9 Å². The molecule has 2 heterocycles. The fourth-order valence-electron chi connectivity index (χ4n) is 4.22. The molecule has 4 aromatic rings. The monoisotopic (exact) mass is 430 g/mol. The third-order valence-corrected chi connectivity index (χ3v) is 6.83. The number of fused-ring (bicyclic) bond motifs is 2. The van der Waals surface area contributed by atoms with Gasteiger partial charge in [0.25, 0.3) is 5.56 Å². The Balaban J connectivity index is 1.51. The maximum atomic E-state index is 13.3. The molecule has 6 heteroatoms. The van der Waals surface area contributed by atoms with Crippen molar-refractivity contribution in [2.45, 2.75) is 32.2 Å². The van der Waals surface area contributed by atoms with Gasteiger partial charge in [-0.05, 0) is 66.6 Å². The van der Waals surface area contributed by atoms with Gasteiger partial charge in [-0.1, -0.05) is 18.2 Å². The first-order chi connectivity index (χ1) is 15.1. The Bertz CT molecular complexity index is 1340. The quantitative estimate of drug-likeness (QED) is 0.423. The zero-order chi connectivity index (χ0) is 21.4. The van der Waals surface area contributed by atoms with Crippen molar-refractivity contribution < 1.29 is 9.53 Å². The van der Waals surface area contributed by atoms with Crippen LogP contribution < -0.4 is 10.3 Å². The van der Waals surface area contributed by atoms with Gasteiger partial charge in [-0.3, -0.25) is 14.2 Å². The standard InChI is InChI=1S/C25H22N2O3S/c1-30-20-10-8-17(9-11-20)22(28)13-27-15-26-24-23(25(27)29)21(14-31-24)19-7-6-16-4-2-3-5-18(16)12-19/h6-12,14-15H,2-5,13H2,1H3. The maximum Gasteiger partial charge on any atom is 0.263 e. The average molecular weight is 431 g/mol. The molecule has 0 saturated heterocycles. The highest BCUT2D eigenvalue weighted by Crippen LogP contribution is 2.33. The lowest BCUT2D eigenvalue weighted by Gasteiger charge is -2.16. The van der Waals surface area contributed by atoms with E-state index in [4.69, 9.17) is 4.74 Å². The summed E-state index contributed by atoms with van der Waals surface area (Å²) in [4.78, 5) is 31.2. The fraction of sp³-hybridized carbons (Fsp3) is 0.240. The van der Waals surface area contributed by atoms with Crippen LogP contribution in [0.1, 0.15) is 34.3 Å². The van der Waals surface area contributed by atoms with Crippen molar-refractivity contribution >= 4 is 27.3 Å². The summed E-state index contributed by atoms with van der Waals surface area (Å²) in [6.45, 7) is -0.0480. The van der Waals surface area contributed by atoms with Crippen molar-refractivity contribution in [1.29, 1.82) is 0 Å². The molecule has 0 saturated carbocycles. The van der Waals surface area contributed by atoms with Crippen molar-refractivity contribution in [2.24, 2.45) is 0 Å². The molecule has 0 bridgehead atoms. The Morgan fingerprint density at radius 3 is 2.65 bits per heavy atom. The zero-order valence-corrected chi connectivity index (χ0v) is 18.1. The number of hydrogen-bond donors (Lipinski definition) is 0. The molecule has 0 N–H and O–H groups in total. The number of ketones is 1. The molecule has 1 aliphatic rings. The smallest absolute Gasteiger partial charge is 0.263 e. The van der Waals surface area contributed by atoms with Gasteiger partial charge in [0, 0.05) is 16.5 Å². The number of aromatic nitrogens is 2. The molecular formula is C25H22N2O3S. The highest BCUT2D eigenvalue weighted by atomic mass is 32.1. The van der Waals surface area contributed by atoms with Crippen LogP contribution in [0.3, 0.4) is 0 Å². The number of carbonyl (C=O) groups excluding carboxylic acids is 1. The molecule has 5 nitrogen and oxygen atoms in total. The predicted octanol–water partition coefficient (Wildman–Crippen LogP) is 4.90. The van der Waals surface area contributed by atoms with Gasteiger partial charge in [-0.25, -0.2) is 4.98 Å². The number of carbonyl (C=O) groups is 1. The number of thiophene rings is 1. The van der Waals surface area contributed by atoms with Crippen LogP contribution in [0.15, 0.2) is 59.0 Å². The molecule has 0 radical (unpaired) electrons. The van der Waals surface area contributed by atoms with E-state index >= 15 is 0 Å². The minimum atomic E-state index is -0.180. The van der Waals surface area contributed by atoms with E-state index in [0.717, 1.165) is 24.0 Å². The number of ether oxygens (including phenoxy) is 1. The van der Waals surface area contributed by atoms with E-state index in [1.807, 2.05) is 5.38 Å². The van der Waals surface area contributed by atoms with Gasteiger partial charge < -0.3 is 4.74 Å². The Morgan fingerprint density at radius 1 is 1.10 bits per heavy atom.